The molecule has 0 unspecified atom stereocenters. The fourth-order valence-electron chi connectivity index (χ4n) is 2.76. The average Bonchev–Trinajstić information content (AvgIpc) is 2.53. The molecule has 2 aliphatic heterocycles. The molecule has 0 aliphatic carbocycles. The van der Waals surface area contributed by atoms with E-state index in [1.54, 1.807) is 4.90 Å². The molecule has 2 fully saturated rings. The molecule has 2 rings (SSSR count). The van der Waals surface area contributed by atoms with Gasteiger partial charge in [-0.05, 0) is 31.6 Å². The summed E-state index contributed by atoms with van der Waals surface area (Å²) in [5.41, 5.74) is 0. The summed E-state index contributed by atoms with van der Waals surface area (Å²) in [6.45, 7) is 3.49. The SMILES string of the molecule is COC(=O)N1CCC(CNC(=O)NC2CCOCC2)CC1. The molecule has 0 radical (unpaired) electrons. The van der Waals surface area contributed by atoms with Gasteiger partial charge in [-0.15, -0.1) is 0 Å². The van der Waals surface area contributed by atoms with E-state index in [4.69, 9.17) is 9.47 Å². The first-order valence-electron chi connectivity index (χ1n) is 7.64. The van der Waals surface area contributed by atoms with Gasteiger partial charge in [0.25, 0.3) is 0 Å². The van der Waals surface area contributed by atoms with E-state index in [2.05, 4.69) is 10.6 Å². The van der Waals surface area contributed by atoms with Gasteiger partial charge in [-0.1, -0.05) is 0 Å². The number of hydrogen-bond donors (Lipinski definition) is 2. The van der Waals surface area contributed by atoms with Crippen LogP contribution in [0.25, 0.3) is 0 Å². The number of nitrogens with zero attached hydrogens (tertiary/aromatic N) is 1. The summed E-state index contributed by atoms with van der Waals surface area (Å²) in [5, 5.41) is 5.91. The summed E-state index contributed by atoms with van der Waals surface area (Å²) in [7, 11) is 1.40. The van der Waals surface area contributed by atoms with Gasteiger partial charge in [0.05, 0.1) is 7.11 Å². The summed E-state index contributed by atoms with van der Waals surface area (Å²) >= 11 is 0. The molecule has 0 atom stereocenters. The number of piperidine rings is 1. The molecule has 2 aliphatic rings. The highest BCUT2D eigenvalue weighted by Crippen LogP contribution is 2.16. The Morgan fingerprint density at radius 2 is 1.86 bits per heavy atom. The fraction of sp³-hybridized carbons (Fsp3) is 0.857. The lowest BCUT2D eigenvalue weighted by Crippen LogP contribution is -2.47. The zero-order chi connectivity index (χ0) is 15.1. The molecule has 2 heterocycles. The first-order valence-corrected chi connectivity index (χ1v) is 7.64. The van der Waals surface area contributed by atoms with Crippen molar-refractivity contribution in [2.75, 3.05) is 40.0 Å². The quantitative estimate of drug-likeness (QED) is 0.813. The van der Waals surface area contributed by atoms with E-state index in [1.807, 2.05) is 0 Å². The van der Waals surface area contributed by atoms with Crippen LogP contribution in [0.1, 0.15) is 25.7 Å². The van der Waals surface area contributed by atoms with Crippen molar-refractivity contribution in [2.45, 2.75) is 31.7 Å². The molecule has 0 aromatic rings. The Morgan fingerprint density at radius 3 is 2.48 bits per heavy atom. The molecule has 2 N–H and O–H groups in total. The van der Waals surface area contributed by atoms with Crippen molar-refractivity contribution < 1.29 is 19.1 Å². The molecule has 3 amide bonds. The van der Waals surface area contributed by atoms with Crippen LogP contribution in [-0.4, -0.2) is 63.0 Å². The second-order valence-electron chi connectivity index (χ2n) is 5.64. The van der Waals surface area contributed by atoms with E-state index in [9.17, 15) is 9.59 Å². The monoisotopic (exact) mass is 299 g/mol. The number of urea groups is 1. The van der Waals surface area contributed by atoms with Crippen LogP contribution in [0, 0.1) is 5.92 Å². The summed E-state index contributed by atoms with van der Waals surface area (Å²) in [4.78, 5) is 24.9. The zero-order valence-corrected chi connectivity index (χ0v) is 12.6. The van der Waals surface area contributed by atoms with Gasteiger partial charge in [-0.3, -0.25) is 0 Å². The van der Waals surface area contributed by atoms with E-state index in [0.717, 1.165) is 38.9 Å². The molecule has 0 bridgehead atoms. The zero-order valence-electron chi connectivity index (χ0n) is 12.6. The number of carbonyl (C=O) groups is 2. The number of nitrogens with one attached hydrogen (secondary N) is 2. The van der Waals surface area contributed by atoms with Crippen LogP contribution in [0.4, 0.5) is 9.59 Å². The maximum atomic E-state index is 11.8. The maximum Gasteiger partial charge on any atom is 0.409 e. The first kappa shape index (κ1) is 15.9. The van der Waals surface area contributed by atoms with Crippen molar-refractivity contribution in [3.8, 4) is 0 Å². The number of rotatable bonds is 3. The molecule has 0 saturated carbocycles. The van der Waals surface area contributed by atoms with Crippen LogP contribution in [0.5, 0.6) is 0 Å². The highest BCUT2D eigenvalue weighted by atomic mass is 16.5. The van der Waals surface area contributed by atoms with E-state index >= 15 is 0 Å². The molecule has 0 aromatic carbocycles. The molecule has 7 nitrogen and oxygen atoms in total. The molecule has 2 saturated heterocycles. The third-order valence-corrected chi connectivity index (χ3v) is 4.16. The molecule has 21 heavy (non-hydrogen) atoms. The minimum Gasteiger partial charge on any atom is -0.453 e. The van der Waals surface area contributed by atoms with Gasteiger partial charge in [0.15, 0.2) is 0 Å². The molecule has 120 valence electrons. The van der Waals surface area contributed by atoms with Gasteiger partial charge < -0.3 is 25.0 Å². The highest BCUT2D eigenvalue weighted by molar-refractivity contribution is 5.74. The van der Waals surface area contributed by atoms with E-state index in [-0.39, 0.29) is 18.2 Å². The van der Waals surface area contributed by atoms with Gasteiger partial charge in [-0.25, -0.2) is 9.59 Å². The molecule has 7 heteroatoms. The van der Waals surface area contributed by atoms with Crippen LogP contribution >= 0.6 is 0 Å². The minimum atomic E-state index is -0.265. The van der Waals surface area contributed by atoms with Crippen LogP contribution in [-0.2, 0) is 9.47 Å². The minimum absolute atomic E-state index is 0.0997. The Balaban J connectivity index is 1.60. The maximum absolute atomic E-state index is 11.8. The number of likely N-dealkylation sites (tertiary alicyclic amines) is 1. The van der Waals surface area contributed by atoms with Gasteiger partial charge >= 0.3 is 12.1 Å². The Morgan fingerprint density at radius 1 is 1.19 bits per heavy atom. The van der Waals surface area contributed by atoms with Crippen molar-refractivity contribution in [3.63, 3.8) is 0 Å². The first-order chi connectivity index (χ1) is 10.2. The normalized spacial score (nSPS) is 20.9. The van der Waals surface area contributed by atoms with Crippen molar-refractivity contribution in [1.29, 1.82) is 0 Å². The van der Waals surface area contributed by atoms with E-state index in [0.29, 0.717) is 25.6 Å². The Bertz CT molecular complexity index is 350. The van der Waals surface area contributed by atoms with Gasteiger partial charge in [0.1, 0.15) is 0 Å². The number of hydrogen-bond acceptors (Lipinski definition) is 4. The number of methoxy groups -OCH3 is 1. The summed E-state index contributed by atoms with van der Waals surface area (Å²) in [6.07, 6.45) is 3.29. The highest BCUT2D eigenvalue weighted by Gasteiger charge is 2.23. The van der Waals surface area contributed by atoms with Crippen molar-refractivity contribution in [3.05, 3.63) is 0 Å². The lowest BCUT2D eigenvalue weighted by molar-refractivity contribution is 0.0798. The van der Waals surface area contributed by atoms with Gasteiger partial charge in [-0.2, -0.15) is 0 Å². The van der Waals surface area contributed by atoms with E-state index in [1.165, 1.54) is 7.11 Å². The number of amides is 3. The third-order valence-electron chi connectivity index (χ3n) is 4.16. The average molecular weight is 299 g/mol. The lowest BCUT2D eigenvalue weighted by Gasteiger charge is -2.31. The van der Waals surface area contributed by atoms with Crippen LogP contribution in [0.3, 0.4) is 0 Å². The predicted molar refractivity (Wildman–Crippen MR) is 77.1 cm³/mol. The number of ether oxygens (including phenoxy) is 2. The van der Waals surface area contributed by atoms with Crippen molar-refractivity contribution >= 4 is 12.1 Å². The number of carbonyl (C=O) groups excluding carboxylic acids is 2. The predicted octanol–water partition coefficient (Wildman–Crippen LogP) is 0.943. The summed E-state index contributed by atoms with van der Waals surface area (Å²) in [5.74, 6) is 0.423. The van der Waals surface area contributed by atoms with Crippen molar-refractivity contribution in [2.24, 2.45) is 5.92 Å². The second-order valence-corrected chi connectivity index (χ2v) is 5.64. The second kappa shape index (κ2) is 8.07. The Hall–Kier alpha value is -1.50. The lowest BCUT2D eigenvalue weighted by atomic mass is 9.97. The van der Waals surface area contributed by atoms with Gasteiger partial charge in [0.2, 0.25) is 0 Å². The van der Waals surface area contributed by atoms with Gasteiger partial charge in [0, 0.05) is 38.9 Å². The van der Waals surface area contributed by atoms with E-state index < -0.39 is 0 Å². The largest absolute Gasteiger partial charge is 0.453 e. The standard InChI is InChI=1S/C14H25N3O4/c1-20-14(19)17-6-2-11(3-7-17)10-15-13(18)16-12-4-8-21-9-5-12/h11-12H,2-10H2,1H3,(H2,15,16,18). The molecule has 0 spiro atoms. The van der Waals surface area contributed by atoms with Crippen LogP contribution in [0.2, 0.25) is 0 Å². The third kappa shape index (κ3) is 5.08. The molecular weight excluding hydrogens is 274 g/mol. The smallest absolute Gasteiger partial charge is 0.409 e. The molecule has 0 aromatic heterocycles. The summed E-state index contributed by atoms with van der Waals surface area (Å²) in [6, 6.07) is 0.122. The van der Waals surface area contributed by atoms with Crippen molar-refractivity contribution in [1.82, 2.24) is 15.5 Å². The fourth-order valence-corrected chi connectivity index (χ4v) is 2.76. The Kier molecular flexibility index (Phi) is 6.10. The summed E-state index contributed by atoms with van der Waals surface area (Å²) < 4.78 is 9.97. The molecular formula is C14H25N3O4. The van der Waals surface area contributed by atoms with Crippen LogP contribution < -0.4 is 10.6 Å². The topological polar surface area (TPSA) is 79.9 Å². The Labute approximate surface area is 125 Å². The van der Waals surface area contributed by atoms with Crippen LogP contribution in [0.15, 0.2) is 0 Å².